The van der Waals surface area contributed by atoms with E-state index in [0.29, 0.717) is 23.3 Å². The Labute approximate surface area is 125 Å². The topological polar surface area (TPSA) is 55.4 Å². The van der Waals surface area contributed by atoms with Gasteiger partial charge in [0.25, 0.3) is 5.91 Å². The number of amides is 1. The lowest BCUT2D eigenvalue weighted by Gasteiger charge is -2.41. The van der Waals surface area contributed by atoms with Crippen LogP contribution in [0.5, 0.6) is 0 Å². The Morgan fingerprint density at radius 1 is 1.19 bits per heavy atom. The molecule has 1 aromatic carbocycles. The maximum Gasteiger partial charge on any atom is 0.282 e. The van der Waals surface area contributed by atoms with Gasteiger partial charge in [0.2, 0.25) is 0 Å². The number of ketones is 1. The highest BCUT2D eigenvalue weighted by Crippen LogP contribution is 2.16. The second kappa shape index (κ2) is 6.37. The molecular formula is C16H23N2O3+. The Morgan fingerprint density at radius 3 is 2.29 bits per heavy atom. The van der Waals surface area contributed by atoms with E-state index in [1.807, 2.05) is 6.92 Å². The quantitative estimate of drug-likeness (QED) is 0.678. The van der Waals surface area contributed by atoms with Gasteiger partial charge in [0, 0.05) is 11.3 Å². The highest BCUT2D eigenvalue weighted by molar-refractivity contribution is 5.96. The fourth-order valence-corrected chi connectivity index (χ4v) is 2.47. The van der Waals surface area contributed by atoms with Crippen molar-refractivity contribution in [2.24, 2.45) is 0 Å². The summed E-state index contributed by atoms with van der Waals surface area (Å²) in [6, 6.07) is 6.85. The average Bonchev–Trinajstić information content (AvgIpc) is 2.47. The molecule has 0 radical (unpaired) electrons. The summed E-state index contributed by atoms with van der Waals surface area (Å²) in [5.74, 6) is 0.0163. The van der Waals surface area contributed by atoms with Crippen LogP contribution in [-0.2, 0) is 9.53 Å². The van der Waals surface area contributed by atoms with Crippen LogP contribution in [0, 0.1) is 0 Å². The Kier molecular flexibility index (Phi) is 4.75. The van der Waals surface area contributed by atoms with Crippen molar-refractivity contribution in [1.82, 2.24) is 0 Å². The molecule has 1 heterocycles. The van der Waals surface area contributed by atoms with Crippen LogP contribution in [0.15, 0.2) is 24.3 Å². The molecule has 0 spiro atoms. The first-order valence-corrected chi connectivity index (χ1v) is 7.26. The second-order valence-electron chi connectivity index (χ2n) is 5.84. The second-order valence-corrected chi connectivity index (χ2v) is 5.84. The van der Waals surface area contributed by atoms with Crippen molar-refractivity contribution < 1.29 is 18.8 Å². The number of carbonyl (C=O) groups excluding carboxylic acids is 2. The molecule has 1 aromatic rings. The van der Waals surface area contributed by atoms with Gasteiger partial charge in [-0.1, -0.05) is 0 Å². The molecule has 0 aromatic heterocycles. The molecule has 0 saturated carbocycles. The minimum Gasteiger partial charge on any atom is -0.370 e. The van der Waals surface area contributed by atoms with E-state index in [1.54, 1.807) is 24.3 Å². The first-order valence-electron chi connectivity index (χ1n) is 7.26. The number of anilines is 1. The third kappa shape index (κ3) is 3.68. The summed E-state index contributed by atoms with van der Waals surface area (Å²) in [5, 5.41) is 2.92. The Hall–Kier alpha value is -1.72. The number of benzene rings is 1. The van der Waals surface area contributed by atoms with Crippen LogP contribution in [0.1, 0.15) is 24.2 Å². The molecule has 1 fully saturated rings. The van der Waals surface area contributed by atoms with Gasteiger partial charge in [0.1, 0.15) is 13.1 Å². The van der Waals surface area contributed by atoms with Crippen molar-refractivity contribution in [3.8, 4) is 0 Å². The highest BCUT2D eigenvalue weighted by Gasteiger charge is 2.36. The van der Waals surface area contributed by atoms with Gasteiger partial charge >= 0.3 is 0 Å². The molecule has 0 aliphatic carbocycles. The van der Waals surface area contributed by atoms with Gasteiger partial charge < -0.3 is 14.5 Å². The zero-order chi connectivity index (χ0) is 15.5. The van der Waals surface area contributed by atoms with Crippen molar-refractivity contribution in [3.05, 3.63) is 29.8 Å². The third-order valence-electron chi connectivity index (χ3n) is 4.37. The van der Waals surface area contributed by atoms with Crippen LogP contribution in [0.4, 0.5) is 5.69 Å². The highest BCUT2D eigenvalue weighted by atomic mass is 16.5. The molecule has 21 heavy (non-hydrogen) atoms. The molecule has 114 valence electrons. The van der Waals surface area contributed by atoms with Gasteiger partial charge in [-0.15, -0.1) is 0 Å². The van der Waals surface area contributed by atoms with E-state index < -0.39 is 0 Å². The third-order valence-corrected chi connectivity index (χ3v) is 4.37. The fourth-order valence-electron chi connectivity index (χ4n) is 2.47. The monoisotopic (exact) mass is 291 g/mol. The molecule has 1 unspecified atom stereocenters. The number of hydrogen-bond donors (Lipinski definition) is 1. The van der Waals surface area contributed by atoms with Crippen LogP contribution in [0.2, 0.25) is 0 Å². The molecule has 5 heteroatoms. The lowest BCUT2D eigenvalue weighted by Crippen LogP contribution is -2.60. The summed E-state index contributed by atoms with van der Waals surface area (Å²) in [6.45, 7) is 6.56. The predicted molar refractivity (Wildman–Crippen MR) is 81.3 cm³/mol. The number of rotatable bonds is 4. The minimum absolute atomic E-state index is 0.00465. The van der Waals surface area contributed by atoms with E-state index >= 15 is 0 Å². The molecule has 1 aliphatic heterocycles. The van der Waals surface area contributed by atoms with Crippen LogP contribution in [0.25, 0.3) is 0 Å². The number of morpholine rings is 1. The van der Waals surface area contributed by atoms with Crippen LogP contribution >= 0.6 is 0 Å². The van der Waals surface area contributed by atoms with E-state index in [1.165, 1.54) is 6.92 Å². The molecule has 1 aliphatic rings. The molecule has 1 atom stereocenters. The van der Waals surface area contributed by atoms with Gasteiger partial charge in [-0.05, 0) is 38.1 Å². The molecule has 0 bridgehead atoms. The normalized spacial score (nSPS) is 18.8. The number of Topliss-reactive ketones (excluding diaryl/α,β-unsaturated/α-hetero) is 1. The molecular weight excluding hydrogens is 268 g/mol. The number of quaternary nitrogens is 1. The Bertz CT molecular complexity index is 519. The number of likely N-dealkylation sites (N-methyl/N-ethyl adjacent to an activating group) is 1. The van der Waals surface area contributed by atoms with E-state index in [-0.39, 0.29) is 17.7 Å². The zero-order valence-corrected chi connectivity index (χ0v) is 12.9. The summed E-state index contributed by atoms with van der Waals surface area (Å²) in [5.41, 5.74) is 1.37. The molecule has 1 amide bonds. The Morgan fingerprint density at radius 2 is 1.76 bits per heavy atom. The van der Waals surface area contributed by atoms with Crippen molar-refractivity contribution in [2.75, 3.05) is 38.7 Å². The zero-order valence-electron chi connectivity index (χ0n) is 12.9. The van der Waals surface area contributed by atoms with Crippen molar-refractivity contribution in [2.45, 2.75) is 19.9 Å². The number of ether oxygens (including phenoxy) is 1. The van der Waals surface area contributed by atoms with Gasteiger partial charge in [0.15, 0.2) is 11.8 Å². The molecule has 1 N–H and O–H groups in total. The van der Waals surface area contributed by atoms with Crippen LogP contribution in [0.3, 0.4) is 0 Å². The standard InChI is InChI=1S/C16H22N2O3/c1-12(18(3)8-10-21-11-9-18)16(20)17-15-6-4-14(5-7-15)13(2)19/h4-7,12H,8-11H2,1-3H3/p+1. The lowest BCUT2D eigenvalue weighted by atomic mass is 10.1. The largest absolute Gasteiger partial charge is 0.370 e. The van der Waals surface area contributed by atoms with Crippen molar-refractivity contribution in [3.63, 3.8) is 0 Å². The molecule has 2 rings (SSSR count). The average molecular weight is 291 g/mol. The number of nitrogens with one attached hydrogen (secondary N) is 1. The van der Waals surface area contributed by atoms with Gasteiger partial charge in [-0.25, -0.2) is 0 Å². The van der Waals surface area contributed by atoms with E-state index in [0.717, 1.165) is 18.8 Å². The van der Waals surface area contributed by atoms with Crippen molar-refractivity contribution >= 4 is 17.4 Å². The maximum atomic E-state index is 12.4. The fraction of sp³-hybridized carbons (Fsp3) is 0.500. The first kappa shape index (κ1) is 15.7. The van der Waals surface area contributed by atoms with Gasteiger partial charge in [-0.2, -0.15) is 0 Å². The SMILES string of the molecule is CC(=O)c1ccc(NC(=O)C(C)[N+]2(C)CCOCC2)cc1. The van der Waals surface area contributed by atoms with Gasteiger partial charge in [-0.3, -0.25) is 9.59 Å². The number of nitrogens with zero attached hydrogens (tertiary/aromatic N) is 1. The first-order chi connectivity index (χ1) is 9.92. The van der Waals surface area contributed by atoms with Gasteiger partial charge in [0.05, 0.1) is 20.3 Å². The molecule has 1 saturated heterocycles. The molecule has 5 nitrogen and oxygen atoms in total. The number of carbonyl (C=O) groups is 2. The Balaban J connectivity index is 2.01. The summed E-state index contributed by atoms with van der Waals surface area (Å²) < 4.78 is 6.06. The lowest BCUT2D eigenvalue weighted by molar-refractivity contribution is -0.929. The van der Waals surface area contributed by atoms with E-state index in [4.69, 9.17) is 4.74 Å². The predicted octanol–water partition coefficient (Wildman–Crippen LogP) is 1.69. The van der Waals surface area contributed by atoms with Crippen molar-refractivity contribution in [1.29, 1.82) is 0 Å². The minimum atomic E-state index is -0.138. The summed E-state index contributed by atoms with van der Waals surface area (Å²) in [6.07, 6.45) is 0. The van der Waals surface area contributed by atoms with E-state index in [2.05, 4.69) is 12.4 Å². The van der Waals surface area contributed by atoms with E-state index in [9.17, 15) is 9.59 Å². The summed E-state index contributed by atoms with van der Waals surface area (Å²) in [7, 11) is 2.09. The number of hydrogen-bond acceptors (Lipinski definition) is 3. The summed E-state index contributed by atoms with van der Waals surface area (Å²) >= 11 is 0. The smallest absolute Gasteiger partial charge is 0.282 e. The summed E-state index contributed by atoms with van der Waals surface area (Å²) in [4.78, 5) is 23.6. The van der Waals surface area contributed by atoms with Crippen LogP contribution < -0.4 is 5.32 Å². The maximum absolute atomic E-state index is 12.4. The van der Waals surface area contributed by atoms with Crippen LogP contribution in [-0.4, -0.2) is 55.6 Å².